The van der Waals surface area contributed by atoms with E-state index in [-0.39, 0.29) is 30.1 Å². The third kappa shape index (κ3) is 7.88. The number of allylic oxidation sites excluding steroid dienone is 1. The maximum Gasteiger partial charge on any atom is 0.240 e. The van der Waals surface area contributed by atoms with E-state index < -0.39 is 12.3 Å². The number of nitrogens with one attached hydrogen (secondary N) is 2. The van der Waals surface area contributed by atoms with E-state index in [1.54, 1.807) is 0 Å². The van der Waals surface area contributed by atoms with E-state index in [2.05, 4.69) is 28.4 Å². The van der Waals surface area contributed by atoms with Gasteiger partial charge in [0.05, 0.1) is 13.2 Å². The van der Waals surface area contributed by atoms with Crippen LogP contribution in [-0.2, 0) is 14.3 Å². The second kappa shape index (κ2) is 13.2. The lowest BCUT2D eigenvalue weighted by molar-refractivity contribution is -0.128. The number of rotatable bonds is 10. The number of hydrogen-bond donors (Lipinski definition) is 3. The Hall–Kier alpha value is -2.72. The Kier molecular flexibility index (Phi) is 9.74. The first kappa shape index (κ1) is 27.3. The van der Waals surface area contributed by atoms with Crippen LogP contribution in [0.1, 0.15) is 51.9 Å². The van der Waals surface area contributed by atoms with Gasteiger partial charge in [-0.3, -0.25) is 19.9 Å². The molecule has 10 heteroatoms. The molecular formula is C27H43N7O3. The summed E-state index contributed by atoms with van der Waals surface area (Å²) in [6.45, 7) is 7.66. The van der Waals surface area contributed by atoms with E-state index in [1.807, 2.05) is 16.7 Å². The molecule has 0 aromatic rings. The summed E-state index contributed by atoms with van der Waals surface area (Å²) in [5.41, 5.74) is 7.23. The normalized spacial score (nSPS) is 27.3. The number of aliphatic imine (C=N–C) groups is 1. The molecule has 37 heavy (non-hydrogen) atoms. The molecule has 0 radical (unpaired) electrons. The summed E-state index contributed by atoms with van der Waals surface area (Å²) in [5, 5.41) is 10.9. The van der Waals surface area contributed by atoms with Crippen molar-refractivity contribution >= 4 is 23.5 Å². The highest BCUT2D eigenvalue weighted by Crippen LogP contribution is 2.22. The summed E-state index contributed by atoms with van der Waals surface area (Å²) in [5.74, 6) is 0.712. The standard InChI is InChI=1S/C27H43N7O3/c1-20(37-15-14-33-13-7-10-24(33)36)30-27-25(26(28)29)31-23(35)19-34(27)18-22-9-4-2-3-8-21(16-22)17-32-11-5-6-12-32/h3,8,16,20,22,25H,2,4-7,9-15,17-19H2,1H3,(H3,28,29)(H,31,35). The minimum absolute atomic E-state index is 0.141. The van der Waals surface area contributed by atoms with Crippen LogP contribution >= 0.6 is 0 Å². The zero-order valence-corrected chi connectivity index (χ0v) is 22.2. The van der Waals surface area contributed by atoms with Crippen LogP contribution in [0.5, 0.6) is 0 Å². The topological polar surface area (TPSA) is 127 Å². The van der Waals surface area contributed by atoms with E-state index in [4.69, 9.17) is 20.9 Å². The molecule has 1 aliphatic carbocycles. The Labute approximate surface area is 220 Å². The van der Waals surface area contributed by atoms with Crippen LogP contribution in [0, 0.1) is 11.3 Å². The van der Waals surface area contributed by atoms with Gasteiger partial charge in [0, 0.05) is 32.6 Å². The number of carbonyl (C=O) groups excluding carboxylic acids is 2. The van der Waals surface area contributed by atoms with Gasteiger partial charge < -0.3 is 25.6 Å². The number of amidine groups is 2. The van der Waals surface area contributed by atoms with Crippen LogP contribution < -0.4 is 11.1 Å². The second-order valence-corrected chi connectivity index (χ2v) is 10.6. The quantitative estimate of drug-likeness (QED) is 0.300. The summed E-state index contributed by atoms with van der Waals surface area (Å²) in [7, 11) is 0. The summed E-state index contributed by atoms with van der Waals surface area (Å²) >= 11 is 0. The fourth-order valence-corrected chi connectivity index (χ4v) is 5.64. The molecule has 0 saturated carbocycles. The van der Waals surface area contributed by atoms with Gasteiger partial charge in [-0.1, -0.05) is 18.2 Å². The maximum absolute atomic E-state index is 12.6. The zero-order valence-electron chi connectivity index (χ0n) is 22.2. The summed E-state index contributed by atoms with van der Waals surface area (Å²) in [6.07, 6.45) is 13.6. The number of piperazine rings is 1. The van der Waals surface area contributed by atoms with Crippen LogP contribution in [0.4, 0.5) is 0 Å². The minimum Gasteiger partial charge on any atom is -0.386 e. The van der Waals surface area contributed by atoms with Gasteiger partial charge in [-0.25, -0.2) is 4.99 Å². The molecule has 0 spiro atoms. The zero-order chi connectivity index (χ0) is 26.2. The fraction of sp³-hybridized carbons (Fsp3) is 0.704. The molecule has 3 unspecified atom stereocenters. The minimum atomic E-state index is -0.769. The lowest BCUT2D eigenvalue weighted by atomic mass is 9.94. The van der Waals surface area contributed by atoms with Gasteiger partial charge in [-0.15, -0.1) is 0 Å². The first-order chi connectivity index (χ1) is 17.9. The van der Waals surface area contributed by atoms with E-state index in [0.717, 1.165) is 51.9 Å². The highest BCUT2D eigenvalue weighted by Gasteiger charge is 2.34. The van der Waals surface area contributed by atoms with Gasteiger partial charge in [-0.05, 0) is 70.0 Å². The molecule has 4 rings (SSSR count). The monoisotopic (exact) mass is 513 g/mol. The van der Waals surface area contributed by atoms with E-state index in [1.165, 1.54) is 18.4 Å². The molecular weight excluding hydrogens is 470 g/mol. The molecule has 3 fully saturated rings. The average Bonchev–Trinajstić information content (AvgIpc) is 3.50. The van der Waals surface area contributed by atoms with Crippen molar-refractivity contribution in [2.75, 3.05) is 52.4 Å². The van der Waals surface area contributed by atoms with Gasteiger partial charge in [-0.2, -0.15) is 0 Å². The van der Waals surface area contributed by atoms with Crippen LogP contribution in [0.15, 0.2) is 28.8 Å². The van der Waals surface area contributed by atoms with E-state index >= 15 is 0 Å². The Balaban J connectivity index is 1.46. The molecule has 10 nitrogen and oxygen atoms in total. The average molecular weight is 514 g/mol. The SMILES string of the molecule is CC(N=C1C(C(=N)N)NC(=O)CN1CC1C=C(CN2CCCC2)C=CCCC1)OCCN1CCCC1=O. The Morgan fingerprint density at radius 1 is 1.22 bits per heavy atom. The van der Waals surface area contributed by atoms with Gasteiger partial charge in [0.25, 0.3) is 0 Å². The van der Waals surface area contributed by atoms with Crippen molar-refractivity contribution in [2.45, 2.75) is 64.1 Å². The Morgan fingerprint density at radius 2 is 2.03 bits per heavy atom. The lowest BCUT2D eigenvalue weighted by Gasteiger charge is -2.37. The van der Waals surface area contributed by atoms with Gasteiger partial charge >= 0.3 is 0 Å². The van der Waals surface area contributed by atoms with Crippen molar-refractivity contribution in [1.29, 1.82) is 5.41 Å². The smallest absolute Gasteiger partial charge is 0.240 e. The fourth-order valence-electron chi connectivity index (χ4n) is 5.64. The first-order valence-corrected chi connectivity index (χ1v) is 13.8. The van der Waals surface area contributed by atoms with Crippen molar-refractivity contribution in [3.05, 3.63) is 23.8 Å². The molecule has 3 aliphatic heterocycles. The Morgan fingerprint density at radius 3 is 2.76 bits per heavy atom. The van der Waals surface area contributed by atoms with Gasteiger partial charge in [0.15, 0.2) is 0 Å². The summed E-state index contributed by atoms with van der Waals surface area (Å²) < 4.78 is 5.92. The van der Waals surface area contributed by atoms with Crippen LogP contribution in [0.2, 0.25) is 0 Å². The number of ether oxygens (including phenoxy) is 1. The molecule has 2 amide bonds. The van der Waals surface area contributed by atoms with Crippen LogP contribution in [0.25, 0.3) is 0 Å². The molecule has 4 aliphatic rings. The summed E-state index contributed by atoms with van der Waals surface area (Å²) in [6, 6.07) is -0.769. The van der Waals surface area contributed by atoms with Crippen molar-refractivity contribution in [3.63, 3.8) is 0 Å². The molecule has 0 aromatic heterocycles. The molecule has 3 saturated heterocycles. The molecule has 4 N–H and O–H groups in total. The number of amides is 2. The first-order valence-electron chi connectivity index (χ1n) is 13.8. The van der Waals surface area contributed by atoms with Crippen molar-refractivity contribution in [1.82, 2.24) is 20.0 Å². The third-order valence-corrected chi connectivity index (χ3v) is 7.53. The number of nitrogens with zero attached hydrogens (tertiary/aromatic N) is 4. The molecule has 3 heterocycles. The molecule has 204 valence electrons. The van der Waals surface area contributed by atoms with E-state index in [0.29, 0.717) is 32.0 Å². The Bertz CT molecular complexity index is 925. The lowest BCUT2D eigenvalue weighted by Crippen LogP contribution is -2.63. The van der Waals surface area contributed by atoms with Crippen molar-refractivity contribution in [3.8, 4) is 0 Å². The second-order valence-electron chi connectivity index (χ2n) is 10.6. The summed E-state index contributed by atoms with van der Waals surface area (Å²) in [4.78, 5) is 35.5. The molecule has 3 atom stereocenters. The third-order valence-electron chi connectivity index (χ3n) is 7.53. The van der Waals surface area contributed by atoms with Crippen molar-refractivity contribution < 1.29 is 14.3 Å². The molecule has 0 bridgehead atoms. The maximum atomic E-state index is 12.6. The largest absolute Gasteiger partial charge is 0.386 e. The van der Waals surface area contributed by atoms with Crippen LogP contribution in [-0.4, -0.2) is 103 Å². The van der Waals surface area contributed by atoms with E-state index in [9.17, 15) is 9.59 Å². The predicted octanol–water partition coefficient (Wildman–Crippen LogP) is 1.48. The predicted molar refractivity (Wildman–Crippen MR) is 144 cm³/mol. The van der Waals surface area contributed by atoms with Gasteiger partial charge in [0.1, 0.15) is 23.9 Å². The number of hydrogen-bond acceptors (Lipinski definition) is 6. The van der Waals surface area contributed by atoms with Crippen molar-refractivity contribution in [2.24, 2.45) is 16.6 Å². The molecule has 0 aromatic carbocycles. The number of carbonyl (C=O) groups is 2. The van der Waals surface area contributed by atoms with Gasteiger partial charge in [0.2, 0.25) is 11.8 Å². The number of likely N-dealkylation sites (tertiary alicyclic amines) is 2. The number of nitrogens with two attached hydrogens (primary N) is 1. The van der Waals surface area contributed by atoms with Crippen LogP contribution in [0.3, 0.4) is 0 Å². The highest BCUT2D eigenvalue weighted by molar-refractivity contribution is 6.12. The highest BCUT2D eigenvalue weighted by atomic mass is 16.5.